The average molecular weight is 667 g/mol. The third-order valence-electron chi connectivity index (χ3n) is 9.03. The Morgan fingerprint density at radius 1 is 1.07 bits per heavy atom. The molecular formula is C34H40BrN3O4S. The van der Waals surface area contributed by atoms with E-state index >= 15 is 0 Å². The number of nitrogens with zero attached hydrogens (tertiary/aromatic N) is 3. The lowest BCUT2D eigenvalue weighted by atomic mass is 9.70. The van der Waals surface area contributed by atoms with Crippen molar-refractivity contribution in [3.8, 4) is 0 Å². The zero-order valence-corrected chi connectivity index (χ0v) is 27.2. The van der Waals surface area contributed by atoms with Crippen LogP contribution in [0.4, 0.5) is 5.69 Å². The second-order valence-corrected chi connectivity index (χ2v) is 14.5. The lowest BCUT2D eigenvalue weighted by Gasteiger charge is -2.39. The van der Waals surface area contributed by atoms with E-state index in [0.717, 1.165) is 22.4 Å². The fourth-order valence-electron chi connectivity index (χ4n) is 7.38. The Balaban J connectivity index is 1.57. The number of aliphatic hydroxyl groups is 1. The van der Waals surface area contributed by atoms with Gasteiger partial charge in [-0.05, 0) is 43.4 Å². The van der Waals surface area contributed by atoms with Crippen molar-refractivity contribution < 1.29 is 19.5 Å². The van der Waals surface area contributed by atoms with E-state index in [1.165, 1.54) is 0 Å². The summed E-state index contributed by atoms with van der Waals surface area (Å²) in [6.07, 6.45) is 4.38. The van der Waals surface area contributed by atoms with Crippen LogP contribution in [0.2, 0.25) is 0 Å². The maximum Gasteiger partial charge on any atom is 0.251 e. The monoisotopic (exact) mass is 665 g/mol. The molecule has 3 unspecified atom stereocenters. The van der Waals surface area contributed by atoms with Crippen LogP contribution in [0.15, 0.2) is 73.8 Å². The number of carbonyl (C=O) groups excluding carboxylic acids is 3. The Morgan fingerprint density at radius 2 is 1.74 bits per heavy atom. The van der Waals surface area contributed by atoms with Crippen LogP contribution in [0.5, 0.6) is 0 Å². The molecule has 3 saturated heterocycles. The minimum atomic E-state index is -0.773. The number of aryl methyl sites for hydroxylation is 2. The summed E-state index contributed by atoms with van der Waals surface area (Å²) in [6.45, 7) is 13.0. The van der Waals surface area contributed by atoms with Gasteiger partial charge >= 0.3 is 0 Å². The summed E-state index contributed by atoms with van der Waals surface area (Å²) in [5.74, 6) is -1.64. The SMILES string of the molecule is C=CCN(Cc1ccccc1)C(=O)[C@H]1[C@@H]2SC3(CC2Br)C(C(=O)N(CC=C)c2c(C)cccc2C)N(CCCO)C(=O)[C@H]13. The third-order valence-corrected chi connectivity index (χ3v) is 12.2. The summed E-state index contributed by atoms with van der Waals surface area (Å²) < 4.78 is -0.772. The van der Waals surface area contributed by atoms with Crippen molar-refractivity contribution in [1.29, 1.82) is 0 Å². The molecule has 1 N–H and O–H groups in total. The fraction of sp³-hybridized carbons (Fsp3) is 0.441. The lowest BCUT2D eigenvalue weighted by Crippen LogP contribution is -2.56. The first kappa shape index (κ1) is 31.5. The van der Waals surface area contributed by atoms with Gasteiger partial charge in [0, 0.05) is 48.6 Å². The molecule has 3 amide bonds. The van der Waals surface area contributed by atoms with Crippen LogP contribution in [-0.2, 0) is 20.9 Å². The molecule has 2 aromatic carbocycles. The first-order chi connectivity index (χ1) is 20.7. The average Bonchev–Trinajstić information content (AvgIpc) is 3.58. The summed E-state index contributed by atoms with van der Waals surface area (Å²) in [5, 5.41) is 9.59. The number of rotatable bonds is 12. The Kier molecular flexibility index (Phi) is 9.54. The van der Waals surface area contributed by atoms with Crippen molar-refractivity contribution in [3.63, 3.8) is 0 Å². The second-order valence-electron chi connectivity index (χ2n) is 11.7. The Bertz CT molecular complexity index is 1380. The van der Waals surface area contributed by atoms with Crippen LogP contribution in [-0.4, -0.2) is 79.7 Å². The van der Waals surface area contributed by atoms with Gasteiger partial charge in [-0.2, -0.15) is 0 Å². The molecule has 3 aliphatic rings. The number of alkyl halides is 1. The van der Waals surface area contributed by atoms with Crippen LogP contribution >= 0.6 is 27.7 Å². The van der Waals surface area contributed by atoms with E-state index in [9.17, 15) is 19.5 Å². The number of aliphatic hydroxyl groups excluding tert-OH is 1. The van der Waals surface area contributed by atoms with Gasteiger partial charge in [0.05, 0.1) is 16.6 Å². The van der Waals surface area contributed by atoms with E-state index in [1.807, 2.05) is 62.4 Å². The summed E-state index contributed by atoms with van der Waals surface area (Å²) >= 11 is 5.51. The third kappa shape index (κ3) is 5.49. The maximum absolute atomic E-state index is 14.8. The Labute approximate surface area is 267 Å². The molecule has 2 bridgehead atoms. The first-order valence-corrected chi connectivity index (χ1v) is 16.6. The molecule has 6 atom stereocenters. The molecule has 2 aromatic rings. The second kappa shape index (κ2) is 13.0. The minimum absolute atomic E-state index is 0.0287. The Hall–Kier alpha value is -2.88. The standard InChI is InChI=1S/C34H40BrN3O4S/c1-5-16-36(21-24-14-8-7-9-15-24)31(40)26-27-32(41)38(18-11-19-39)30(34(27)20-25(35)29(26)43-34)33(42)37(17-6-2)28-22(3)12-10-13-23(28)4/h5-10,12-15,25-27,29-30,39H,1-2,11,16-21H2,3-4H3/t25?,26-,27+,29-,30?,34?/m1/s1. The molecule has 43 heavy (non-hydrogen) atoms. The van der Waals surface area contributed by atoms with Gasteiger partial charge in [0.15, 0.2) is 0 Å². The predicted octanol–water partition coefficient (Wildman–Crippen LogP) is 4.88. The Morgan fingerprint density at radius 3 is 2.37 bits per heavy atom. The summed E-state index contributed by atoms with van der Waals surface area (Å²) in [5.41, 5.74) is 3.75. The van der Waals surface area contributed by atoms with Gasteiger partial charge in [-0.15, -0.1) is 24.9 Å². The van der Waals surface area contributed by atoms with Crippen molar-refractivity contribution in [2.24, 2.45) is 11.8 Å². The molecule has 7 nitrogen and oxygen atoms in total. The summed E-state index contributed by atoms with van der Waals surface area (Å²) in [6, 6.07) is 15.0. The smallest absolute Gasteiger partial charge is 0.251 e. The molecule has 3 aliphatic heterocycles. The molecule has 3 fully saturated rings. The van der Waals surface area contributed by atoms with Gasteiger partial charge in [-0.1, -0.05) is 76.6 Å². The van der Waals surface area contributed by atoms with Crippen molar-refractivity contribution in [1.82, 2.24) is 9.80 Å². The molecule has 0 aliphatic carbocycles. The molecule has 0 aromatic heterocycles. The molecule has 3 heterocycles. The quantitative estimate of drug-likeness (QED) is 0.258. The summed E-state index contributed by atoms with van der Waals surface area (Å²) in [4.78, 5) is 48.9. The van der Waals surface area contributed by atoms with Gasteiger partial charge in [-0.3, -0.25) is 14.4 Å². The van der Waals surface area contributed by atoms with Crippen molar-refractivity contribution >= 4 is 51.1 Å². The zero-order chi connectivity index (χ0) is 30.9. The predicted molar refractivity (Wildman–Crippen MR) is 176 cm³/mol. The number of amides is 3. The van der Waals surface area contributed by atoms with Crippen LogP contribution in [0.25, 0.3) is 0 Å². The van der Waals surface area contributed by atoms with E-state index in [-0.39, 0.29) is 41.0 Å². The minimum Gasteiger partial charge on any atom is -0.396 e. The molecule has 5 rings (SSSR count). The van der Waals surface area contributed by atoms with Gasteiger partial charge in [0.25, 0.3) is 5.91 Å². The fourth-order valence-corrected chi connectivity index (χ4v) is 11.0. The number of likely N-dealkylation sites (tertiary alicyclic amines) is 1. The highest BCUT2D eigenvalue weighted by atomic mass is 79.9. The number of fused-ring (bicyclic) bond motifs is 1. The lowest BCUT2D eigenvalue weighted by molar-refractivity contribution is -0.144. The number of anilines is 1. The molecule has 228 valence electrons. The van der Waals surface area contributed by atoms with Crippen molar-refractivity contribution in [2.75, 3.05) is 31.1 Å². The van der Waals surface area contributed by atoms with Gasteiger partial charge in [0.2, 0.25) is 11.8 Å². The molecule has 9 heteroatoms. The number of carbonyl (C=O) groups is 3. The highest BCUT2D eigenvalue weighted by Crippen LogP contribution is 2.68. The summed E-state index contributed by atoms with van der Waals surface area (Å²) in [7, 11) is 0. The maximum atomic E-state index is 14.8. The van der Waals surface area contributed by atoms with Crippen LogP contribution in [0.1, 0.15) is 29.5 Å². The van der Waals surface area contributed by atoms with E-state index in [2.05, 4.69) is 29.1 Å². The molecule has 0 saturated carbocycles. The molecule has 1 spiro atoms. The number of hydrogen-bond donors (Lipinski definition) is 1. The van der Waals surface area contributed by atoms with Crippen molar-refractivity contribution in [2.45, 2.75) is 54.1 Å². The first-order valence-electron chi connectivity index (χ1n) is 14.9. The number of hydrogen-bond acceptors (Lipinski definition) is 5. The number of benzene rings is 2. The van der Waals surface area contributed by atoms with Gasteiger partial charge < -0.3 is 19.8 Å². The van der Waals surface area contributed by atoms with Crippen LogP contribution < -0.4 is 4.90 Å². The topological polar surface area (TPSA) is 81.2 Å². The highest BCUT2D eigenvalue weighted by Gasteiger charge is 2.76. The van der Waals surface area contributed by atoms with Gasteiger partial charge in [0.1, 0.15) is 6.04 Å². The number of thioether (sulfide) groups is 1. The molecule has 0 radical (unpaired) electrons. The van der Waals surface area contributed by atoms with E-state index in [0.29, 0.717) is 32.5 Å². The van der Waals surface area contributed by atoms with Gasteiger partial charge in [-0.25, -0.2) is 0 Å². The number of halogens is 1. The van der Waals surface area contributed by atoms with Crippen LogP contribution in [0.3, 0.4) is 0 Å². The zero-order valence-electron chi connectivity index (χ0n) is 24.8. The largest absolute Gasteiger partial charge is 0.396 e. The normalized spacial score (nSPS) is 27.2. The van der Waals surface area contributed by atoms with Crippen molar-refractivity contribution in [3.05, 3.63) is 90.5 Å². The van der Waals surface area contributed by atoms with E-state index in [4.69, 9.17) is 0 Å². The molecular weight excluding hydrogens is 626 g/mol. The highest BCUT2D eigenvalue weighted by molar-refractivity contribution is 9.09. The van der Waals surface area contributed by atoms with E-state index in [1.54, 1.807) is 38.6 Å². The van der Waals surface area contributed by atoms with Crippen LogP contribution in [0, 0.1) is 25.7 Å². The van der Waals surface area contributed by atoms with E-state index < -0.39 is 22.6 Å². The number of para-hydroxylation sites is 1.